The Morgan fingerprint density at radius 1 is 1.40 bits per heavy atom. The van der Waals surface area contributed by atoms with Crippen LogP contribution in [0.5, 0.6) is 0 Å². The Bertz CT molecular complexity index is 122. The van der Waals surface area contributed by atoms with Gasteiger partial charge in [0.2, 0.25) is 0 Å². The Labute approximate surface area is 62.6 Å². The highest BCUT2D eigenvalue weighted by Crippen LogP contribution is 2.23. The molecule has 0 aromatic carbocycles. The number of nitrogens with one attached hydrogen (secondary N) is 1. The van der Waals surface area contributed by atoms with Crippen LogP contribution in [-0.2, 0) is 0 Å². The van der Waals surface area contributed by atoms with Gasteiger partial charge < -0.3 is 5.32 Å². The minimum Gasteiger partial charge on any atom is -0.314 e. The molecule has 1 N–H and O–H groups in total. The fraction of sp³-hybridized carbons (Fsp3) is 1.00. The first-order valence-electron chi connectivity index (χ1n) is 4.34. The molecule has 0 amide bonds. The number of nitrogens with zero attached hydrogens (tertiary/aromatic N) is 1. The molecule has 2 fully saturated rings. The van der Waals surface area contributed by atoms with Gasteiger partial charge in [0.05, 0.1) is 0 Å². The van der Waals surface area contributed by atoms with E-state index in [1.54, 1.807) is 0 Å². The predicted octanol–water partition coefficient (Wildman–Crippen LogP) is 0.442. The van der Waals surface area contributed by atoms with E-state index in [0.717, 1.165) is 12.1 Å². The zero-order valence-electron chi connectivity index (χ0n) is 6.64. The van der Waals surface area contributed by atoms with Crippen molar-refractivity contribution in [1.82, 2.24) is 10.2 Å². The van der Waals surface area contributed by atoms with E-state index in [-0.39, 0.29) is 0 Å². The molecule has 0 aromatic heterocycles. The van der Waals surface area contributed by atoms with Crippen molar-refractivity contribution in [1.29, 1.82) is 0 Å². The Hall–Kier alpha value is -0.0800. The zero-order valence-corrected chi connectivity index (χ0v) is 6.64. The van der Waals surface area contributed by atoms with Crippen molar-refractivity contribution in [2.75, 3.05) is 19.6 Å². The van der Waals surface area contributed by atoms with E-state index in [1.807, 2.05) is 0 Å². The standard InChI is InChI=1S/C8H16N2/c1-7-2-3-8-6-9-4-5-10(7)8/h7-9H,2-6H2,1H3/t7-,8?/m1/s1. The molecule has 0 aliphatic carbocycles. The normalized spacial score (nSPS) is 41.7. The molecule has 2 aliphatic rings. The third-order valence-corrected chi connectivity index (χ3v) is 2.88. The summed E-state index contributed by atoms with van der Waals surface area (Å²) >= 11 is 0. The summed E-state index contributed by atoms with van der Waals surface area (Å²) in [5.74, 6) is 0. The lowest BCUT2D eigenvalue weighted by atomic mass is 10.2. The molecule has 1 unspecified atom stereocenters. The first kappa shape index (κ1) is 6.62. The van der Waals surface area contributed by atoms with Gasteiger partial charge in [-0.25, -0.2) is 0 Å². The van der Waals surface area contributed by atoms with E-state index < -0.39 is 0 Å². The highest BCUT2D eigenvalue weighted by atomic mass is 15.3. The first-order valence-corrected chi connectivity index (χ1v) is 4.34. The summed E-state index contributed by atoms with van der Waals surface area (Å²) in [7, 11) is 0. The summed E-state index contributed by atoms with van der Waals surface area (Å²) in [5, 5.41) is 3.44. The van der Waals surface area contributed by atoms with Gasteiger partial charge in [-0.2, -0.15) is 0 Å². The van der Waals surface area contributed by atoms with Gasteiger partial charge in [-0.15, -0.1) is 0 Å². The second-order valence-corrected chi connectivity index (χ2v) is 3.52. The lowest BCUT2D eigenvalue weighted by molar-refractivity contribution is 0.170. The molecule has 0 radical (unpaired) electrons. The minimum atomic E-state index is 0.854. The molecule has 58 valence electrons. The monoisotopic (exact) mass is 140 g/mol. The molecular weight excluding hydrogens is 124 g/mol. The largest absolute Gasteiger partial charge is 0.314 e. The van der Waals surface area contributed by atoms with Crippen molar-refractivity contribution in [3.05, 3.63) is 0 Å². The molecule has 0 spiro atoms. The quantitative estimate of drug-likeness (QED) is 0.525. The number of rotatable bonds is 0. The number of fused-ring (bicyclic) bond motifs is 1. The number of piperazine rings is 1. The van der Waals surface area contributed by atoms with Gasteiger partial charge in [-0.05, 0) is 19.8 Å². The molecule has 0 aromatic rings. The van der Waals surface area contributed by atoms with Gasteiger partial charge >= 0.3 is 0 Å². The van der Waals surface area contributed by atoms with Crippen molar-refractivity contribution in [2.45, 2.75) is 31.8 Å². The highest BCUT2D eigenvalue weighted by Gasteiger charge is 2.31. The fourth-order valence-electron chi connectivity index (χ4n) is 2.22. The van der Waals surface area contributed by atoms with Crippen LogP contribution >= 0.6 is 0 Å². The van der Waals surface area contributed by atoms with Crippen LogP contribution in [0.1, 0.15) is 19.8 Å². The van der Waals surface area contributed by atoms with Crippen LogP contribution in [0.2, 0.25) is 0 Å². The smallest absolute Gasteiger partial charge is 0.0224 e. The van der Waals surface area contributed by atoms with Crippen molar-refractivity contribution >= 4 is 0 Å². The molecule has 2 atom stereocenters. The van der Waals surface area contributed by atoms with E-state index in [0.29, 0.717) is 0 Å². The summed E-state index contributed by atoms with van der Waals surface area (Å²) in [5.41, 5.74) is 0. The summed E-state index contributed by atoms with van der Waals surface area (Å²) in [6.45, 7) is 6.04. The molecule has 2 rings (SSSR count). The van der Waals surface area contributed by atoms with Crippen molar-refractivity contribution in [2.24, 2.45) is 0 Å². The van der Waals surface area contributed by atoms with Gasteiger partial charge in [0.1, 0.15) is 0 Å². The third-order valence-electron chi connectivity index (χ3n) is 2.88. The molecule has 10 heavy (non-hydrogen) atoms. The summed E-state index contributed by atoms with van der Waals surface area (Å²) in [6.07, 6.45) is 2.82. The van der Waals surface area contributed by atoms with E-state index in [2.05, 4.69) is 17.1 Å². The maximum Gasteiger partial charge on any atom is 0.0224 e. The summed E-state index contributed by atoms with van der Waals surface area (Å²) < 4.78 is 0. The van der Waals surface area contributed by atoms with Crippen molar-refractivity contribution in [3.8, 4) is 0 Å². The Morgan fingerprint density at radius 2 is 2.30 bits per heavy atom. The molecular formula is C8H16N2. The van der Waals surface area contributed by atoms with Crippen LogP contribution in [0.15, 0.2) is 0 Å². The SMILES string of the molecule is C[C@@H]1CCC2CNCCN21. The fourth-order valence-corrected chi connectivity index (χ4v) is 2.22. The van der Waals surface area contributed by atoms with Crippen molar-refractivity contribution < 1.29 is 0 Å². The molecule has 2 heteroatoms. The number of hydrogen-bond donors (Lipinski definition) is 1. The van der Waals surface area contributed by atoms with Crippen LogP contribution in [-0.4, -0.2) is 36.6 Å². The lowest BCUT2D eigenvalue weighted by Gasteiger charge is -2.32. The Balaban J connectivity index is 2.01. The average molecular weight is 140 g/mol. The third kappa shape index (κ3) is 0.956. The molecule has 0 bridgehead atoms. The highest BCUT2D eigenvalue weighted by molar-refractivity contribution is 4.89. The van der Waals surface area contributed by atoms with Crippen LogP contribution in [0.4, 0.5) is 0 Å². The van der Waals surface area contributed by atoms with Crippen molar-refractivity contribution in [3.63, 3.8) is 0 Å². The van der Waals surface area contributed by atoms with E-state index in [9.17, 15) is 0 Å². The second-order valence-electron chi connectivity index (χ2n) is 3.52. The van der Waals surface area contributed by atoms with Gasteiger partial charge in [-0.3, -0.25) is 4.90 Å². The molecule has 0 saturated carbocycles. The summed E-state index contributed by atoms with van der Waals surface area (Å²) in [4.78, 5) is 2.65. The van der Waals surface area contributed by atoms with Crippen LogP contribution < -0.4 is 5.32 Å². The predicted molar refractivity (Wildman–Crippen MR) is 42.1 cm³/mol. The zero-order chi connectivity index (χ0) is 6.97. The lowest BCUT2D eigenvalue weighted by Crippen LogP contribution is -2.49. The second kappa shape index (κ2) is 2.51. The Kier molecular flexibility index (Phi) is 1.66. The van der Waals surface area contributed by atoms with Crippen LogP contribution in [0.25, 0.3) is 0 Å². The van der Waals surface area contributed by atoms with Crippen LogP contribution in [0, 0.1) is 0 Å². The maximum absolute atomic E-state index is 3.44. The van der Waals surface area contributed by atoms with Crippen LogP contribution in [0.3, 0.4) is 0 Å². The summed E-state index contributed by atoms with van der Waals surface area (Å²) in [6, 6.07) is 1.72. The van der Waals surface area contributed by atoms with Gasteiger partial charge in [0.25, 0.3) is 0 Å². The molecule has 2 aliphatic heterocycles. The number of hydrogen-bond acceptors (Lipinski definition) is 2. The maximum atomic E-state index is 3.44. The van der Waals surface area contributed by atoms with Gasteiger partial charge in [0, 0.05) is 31.7 Å². The topological polar surface area (TPSA) is 15.3 Å². The Morgan fingerprint density at radius 3 is 3.10 bits per heavy atom. The molecule has 2 nitrogen and oxygen atoms in total. The molecule has 2 heterocycles. The van der Waals surface area contributed by atoms with E-state index in [1.165, 1.54) is 32.5 Å². The van der Waals surface area contributed by atoms with E-state index in [4.69, 9.17) is 0 Å². The average Bonchev–Trinajstić information content (AvgIpc) is 2.34. The minimum absolute atomic E-state index is 0.854. The van der Waals surface area contributed by atoms with Gasteiger partial charge in [0.15, 0.2) is 0 Å². The van der Waals surface area contributed by atoms with Gasteiger partial charge in [-0.1, -0.05) is 0 Å². The molecule has 2 saturated heterocycles. The van der Waals surface area contributed by atoms with E-state index >= 15 is 0 Å². The first-order chi connectivity index (χ1) is 4.88.